The summed E-state index contributed by atoms with van der Waals surface area (Å²) in [6.07, 6.45) is 0.834. The van der Waals surface area contributed by atoms with Crippen molar-refractivity contribution in [2.45, 2.75) is 88.4 Å². The number of carbonyl (C=O) groups excluding carboxylic acids is 1. The van der Waals surface area contributed by atoms with E-state index in [-0.39, 0.29) is 16.8 Å². The normalized spacial score (nSPS) is 24.2. The molecule has 1 N–H and O–H groups in total. The van der Waals surface area contributed by atoms with Crippen LogP contribution in [0.5, 0.6) is 0 Å². The summed E-state index contributed by atoms with van der Waals surface area (Å²) >= 11 is 1.16. The molecule has 0 spiro atoms. The number of rotatable bonds is 4. The molecule has 0 bridgehead atoms. The van der Waals surface area contributed by atoms with Crippen LogP contribution in [0.15, 0.2) is 16.3 Å². The van der Waals surface area contributed by atoms with Gasteiger partial charge in [0.15, 0.2) is 0 Å². The van der Waals surface area contributed by atoms with E-state index in [1.54, 1.807) is 32.9 Å². The highest BCUT2D eigenvalue weighted by Crippen LogP contribution is 2.37. The van der Waals surface area contributed by atoms with Crippen molar-refractivity contribution in [3.05, 3.63) is 12.1 Å². The van der Waals surface area contributed by atoms with Gasteiger partial charge in [0.05, 0.1) is 11.2 Å². The van der Waals surface area contributed by atoms with E-state index in [0.717, 1.165) is 16.1 Å². The lowest BCUT2D eigenvalue weighted by Gasteiger charge is -2.32. The zero-order valence-electron chi connectivity index (χ0n) is 19.4. The van der Waals surface area contributed by atoms with Crippen LogP contribution in [0, 0.1) is 0 Å². The molecule has 1 aromatic heterocycles. The molecule has 1 aromatic rings. The number of carbonyl (C=O) groups is 1. The molecule has 174 valence electrons. The standard InChI is InChI=1S/C20H33BN2O6S2/c1-18(2,3)27-17(24)22-14-9-8-12-23(13-14)31(25,26)16-11-10-15(30-16)21-28-19(4,5)20(6,7)29-21/h10-11,14H,8-9,12-13H2,1-7H3,(H,22,24). The fourth-order valence-electron chi connectivity index (χ4n) is 3.44. The van der Waals surface area contributed by atoms with Crippen LogP contribution in [0.1, 0.15) is 61.3 Å². The number of hydrogen-bond donors (Lipinski definition) is 1. The maximum Gasteiger partial charge on any atom is 0.505 e. The van der Waals surface area contributed by atoms with Gasteiger partial charge in [0.2, 0.25) is 0 Å². The SMILES string of the molecule is CC(C)(C)OC(=O)NC1CCCN(S(=O)(=O)c2ccc(B3OC(C)(C)C(C)(C)O3)s2)C1. The zero-order chi connectivity index (χ0) is 23.2. The second-order valence-corrected chi connectivity index (χ2v) is 13.4. The van der Waals surface area contributed by atoms with Crippen LogP contribution in [0.3, 0.4) is 0 Å². The Labute approximate surface area is 189 Å². The number of hydrogen-bond acceptors (Lipinski definition) is 7. The molecule has 31 heavy (non-hydrogen) atoms. The second-order valence-electron chi connectivity index (χ2n) is 10.1. The third-order valence-electron chi connectivity index (χ3n) is 5.79. The Hall–Kier alpha value is -1.14. The van der Waals surface area contributed by atoms with Gasteiger partial charge in [0.1, 0.15) is 9.81 Å². The Kier molecular flexibility index (Phi) is 6.59. The Bertz CT molecular complexity index is 906. The maximum absolute atomic E-state index is 13.2. The number of alkyl carbamates (subject to hydrolysis) is 1. The van der Waals surface area contributed by atoms with E-state index in [4.69, 9.17) is 14.0 Å². The van der Waals surface area contributed by atoms with Crippen LogP contribution in [0.4, 0.5) is 4.79 Å². The van der Waals surface area contributed by atoms with Crippen molar-refractivity contribution in [1.82, 2.24) is 9.62 Å². The number of nitrogens with zero attached hydrogens (tertiary/aromatic N) is 1. The van der Waals surface area contributed by atoms with Gasteiger partial charge in [0.25, 0.3) is 10.0 Å². The van der Waals surface area contributed by atoms with Gasteiger partial charge in [-0.05, 0) is 67.4 Å². The molecule has 8 nitrogen and oxygen atoms in total. The lowest BCUT2D eigenvalue weighted by Crippen LogP contribution is -2.50. The van der Waals surface area contributed by atoms with E-state index >= 15 is 0 Å². The molecule has 2 aliphatic heterocycles. The minimum Gasteiger partial charge on any atom is -0.444 e. The average Bonchev–Trinajstić information content (AvgIpc) is 3.17. The van der Waals surface area contributed by atoms with Crippen molar-refractivity contribution in [2.75, 3.05) is 13.1 Å². The number of ether oxygens (including phenoxy) is 1. The Balaban J connectivity index is 1.69. The number of piperidine rings is 1. The smallest absolute Gasteiger partial charge is 0.444 e. The van der Waals surface area contributed by atoms with Gasteiger partial charge in [-0.2, -0.15) is 4.31 Å². The molecule has 3 heterocycles. The predicted octanol–water partition coefficient (Wildman–Crippen LogP) is 2.73. The monoisotopic (exact) mass is 472 g/mol. The van der Waals surface area contributed by atoms with Crippen LogP contribution in [0.2, 0.25) is 0 Å². The van der Waals surface area contributed by atoms with Crippen LogP contribution in [-0.4, -0.2) is 61.9 Å². The summed E-state index contributed by atoms with van der Waals surface area (Å²) in [6.45, 7) is 13.8. The van der Waals surface area contributed by atoms with E-state index in [1.165, 1.54) is 4.31 Å². The number of amides is 1. The molecule has 2 aliphatic rings. The lowest BCUT2D eigenvalue weighted by molar-refractivity contribution is 0.00578. The minimum atomic E-state index is -3.68. The number of nitrogens with one attached hydrogen (secondary N) is 1. The predicted molar refractivity (Wildman–Crippen MR) is 121 cm³/mol. The fraction of sp³-hybridized carbons (Fsp3) is 0.750. The van der Waals surface area contributed by atoms with Gasteiger partial charge < -0.3 is 19.4 Å². The molecular formula is C20H33BN2O6S2. The fourth-order valence-corrected chi connectivity index (χ4v) is 6.40. The highest BCUT2D eigenvalue weighted by Gasteiger charge is 2.52. The van der Waals surface area contributed by atoms with Crippen molar-refractivity contribution in [3.63, 3.8) is 0 Å². The summed E-state index contributed by atoms with van der Waals surface area (Å²) in [5.41, 5.74) is -1.59. The second kappa shape index (κ2) is 8.33. The molecule has 2 fully saturated rings. The zero-order valence-corrected chi connectivity index (χ0v) is 21.0. The molecule has 3 rings (SSSR count). The van der Waals surface area contributed by atoms with Crippen molar-refractivity contribution in [1.29, 1.82) is 0 Å². The van der Waals surface area contributed by atoms with E-state index in [2.05, 4.69) is 5.32 Å². The van der Waals surface area contributed by atoms with E-state index in [9.17, 15) is 13.2 Å². The van der Waals surface area contributed by atoms with Gasteiger partial charge in [0, 0.05) is 23.9 Å². The first-order valence-corrected chi connectivity index (χ1v) is 12.8. The van der Waals surface area contributed by atoms with Crippen LogP contribution < -0.4 is 10.1 Å². The highest BCUT2D eigenvalue weighted by atomic mass is 32.2. The van der Waals surface area contributed by atoms with Crippen molar-refractivity contribution in [3.8, 4) is 0 Å². The average molecular weight is 472 g/mol. The van der Waals surface area contributed by atoms with Crippen LogP contribution in [-0.2, 0) is 24.1 Å². The lowest BCUT2D eigenvalue weighted by atomic mass is 9.88. The largest absolute Gasteiger partial charge is 0.505 e. The first-order valence-electron chi connectivity index (χ1n) is 10.6. The summed E-state index contributed by atoms with van der Waals surface area (Å²) in [4.78, 5) is 12.1. The van der Waals surface area contributed by atoms with E-state index in [1.807, 2.05) is 27.7 Å². The van der Waals surface area contributed by atoms with Gasteiger partial charge in [-0.15, -0.1) is 11.3 Å². The molecule has 2 saturated heterocycles. The van der Waals surface area contributed by atoms with E-state index in [0.29, 0.717) is 19.4 Å². The van der Waals surface area contributed by atoms with Crippen LogP contribution in [0.25, 0.3) is 0 Å². The quantitative estimate of drug-likeness (QED) is 0.678. The van der Waals surface area contributed by atoms with Gasteiger partial charge in [-0.3, -0.25) is 0 Å². The number of sulfonamides is 1. The van der Waals surface area contributed by atoms with Crippen molar-refractivity contribution < 1.29 is 27.3 Å². The Morgan fingerprint density at radius 3 is 2.42 bits per heavy atom. The Morgan fingerprint density at radius 1 is 1.23 bits per heavy atom. The number of thiophene rings is 1. The van der Waals surface area contributed by atoms with Crippen molar-refractivity contribution >= 4 is 39.3 Å². The molecule has 0 radical (unpaired) electrons. The highest BCUT2D eigenvalue weighted by molar-refractivity contribution is 7.91. The molecular weight excluding hydrogens is 439 g/mol. The van der Waals surface area contributed by atoms with Crippen molar-refractivity contribution in [2.24, 2.45) is 0 Å². The van der Waals surface area contributed by atoms with Gasteiger partial charge in [-0.1, -0.05) is 6.07 Å². The molecule has 0 saturated carbocycles. The molecule has 1 unspecified atom stereocenters. The first-order chi connectivity index (χ1) is 14.1. The molecule has 11 heteroatoms. The molecule has 1 amide bonds. The summed E-state index contributed by atoms with van der Waals surface area (Å²) in [5.74, 6) is 0. The molecule has 0 aliphatic carbocycles. The summed E-state index contributed by atoms with van der Waals surface area (Å²) in [7, 11) is -4.28. The minimum absolute atomic E-state index is 0.214. The molecule has 0 aromatic carbocycles. The summed E-state index contributed by atoms with van der Waals surface area (Å²) in [6, 6.07) is 3.06. The van der Waals surface area contributed by atoms with Gasteiger partial charge in [-0.25, -0.2) is 13.2 Å². The topological polar surface area (TPSA) is 94.2 Å². The van der Waals surface area contributed by atoms with Gasteiger partial charge >= 0.3 is 13.2 Å². The third-order valence-corrected chi connectivity index (χ3v) is 9.23. The summed E-state index contributed by atoms with van der Waals surface area (Å²) in [5, 5.41) is 2.79. The first kappa shape index (κ1) is 24.5. The third kappa shape index (κ3) is 5.44. The molecule has 1 atom stereocenters. The summed E-state index contributed by atoms with van der Waals surface area (Å²) < 4.78 is 46.3. The van der Waals surface area contributed by atoms with Crippen LogP contribution >= 0.6 is 11.3 Å². The maximum atomic E-state index is 13.2. The Morgan fingerprint density at radius 2 is 1.84 bits per heavy atom. The van der Waals surface area contributed by atoms with E-state index < -0.39 is 40.0 Å².